The van der Waals surface area contributed by atoms with E-state index in [0.717, 1.165) is 18.7 Å². The number of aryl methyl sites for hydroxylation is 2. The van der Waals surface area contributed by atoms with Crippen molar-refractivity contribution in [2.45, 2.75) is 40.2 Å². The fourth-order valence-electron chi connectivity index (χ4n) is 2.10. The topological polar surface area (TPSA) is 17.8 Å². The Balaban J connectivity index is 2.21. The SMILES string of the molecule is Cc1cn2c(n1)C/C(=C/C(C)C)CC2. The summed E-state index contributed by atoms with van der Waals surface area (Å²) in [4.78, 5) is 4.53. The first-order valence-corrected chi connectivity index (χ1v) is 5.37. The van der Waals surface area contributed by atoms with Crippen LogP contribution < -0.4 is 0 Å². The van der Waals surface area contributed by atoms with Crippen LogP contribution in [0.15, 0.2) is 17.8 Å². The van der Waals surface area contributed by atoms with Gasteiger partial charge in [-0.05, 0) is 19.3 Å². The maximum absolute atomic E-state index is 4.53. The van der Waals surface area contributed by atoms with Gasteiger partial charge in [0, 0.05) is 19.2 Å². The largest absolute Gasteiger partial charge is 0.334 e. The normalized spacial score (nSPS) is 19.0. The average Bonchev–Trinajstić information content (AvgIpc) is 2.42. The lowest BCUT2D eigenvalue weighted by atomic mass is 10.0. The summed E-state index contributed by atoms with van der Waals surface area (Å²) >= 11 is 0. The molecular formula is C12H18N2. The van der Waals surface area contributed by atoms with E-state index in [0.29, 0.717) is 5.92 Å². The molecule has 2 rings (SSSR count). The van der Waals surface area contributed by atoms with Crippen molar-refractivity contribution in [1.29, 1.82) is 0 Å². The predicted molar refractivity (Wildman–Crippen MR) is 58.2 cm³/mol. The van der Waals surface area contributed by atoms with Crippen molar-refractivity contribution in [3.63, 3.8) is 0 Å². The van der Waals surface area contributed by atoms with Gasteiger partial charge < -0.3 is 4.57 Å². The van der Waals surface area contributed by atoms with E-state index in [1.165, 1.54) is 12.2 Å². The average molecular weight is 190 g/mol. The molecule has 1 aromatic heterocycles. The van der Waals surface area contributed by atoms with E-state index >= 15 is 0 Å². The Labute approximate surface area is 85.7 Å². The van der Waals surface area contributed by atoms with E-state index in [9.17, 15) is 0 Å². The Morgan fingerprint density at radius 2 is 2.29 bits per heavy atom. The van der Waals surface area contributed by atoms with Crippen molar-refractivity contribution in [1.82, 2.24) is 9.55 Å². The van der Waals surface area contributed by atoms with E-state index in [1.807, 2.05) is 0 Å². The molecule has 0 unspecified atom stereocenters. The number of hydrogen-bond acceptors (Lipinski definition) is 1. The van der Waals surface area contributed by atoms with E-state index in [1.54, 1.807) is 5.57 Å². The quantitative estimate of drug-likeness (QED) is 0.623. The highest BCUT2D eigenvalue weighted by Gasteiger charge is 2.14. The van der Waals surface area contributed by atoms with Gasteiger partial charge >= 0.3 is 0 Å². The summed E-state index contributed by atoms with van der Waals surface area (Å²) in [7, 11) is 0. The second-order valence-corrected chi connectivity index (χ2v) is 4.49. The second kappa shape index (κ2) is 3.60. The lowest BCUT2D eigenvalue weighted by molar-refractivity contribution is 0.596. The zero-order valence-electron chi connectivity index (χ0n) is 9.25. The van der Waals surface area contributed by atoms with Crippen molar-refractivity contribution >= 4 is 0 Å². The van der Waals surface area contributed by atoms with Crippen LogP contribution in [0.3, 0.4) is 0 Å². The van der Waals surface area contributed by atoms with E-state index < -0.39 is 0 Å². The third-order valence-corrected chi connectivity index (χ3v) is 2.61. The van der Waals surface area contributed by atoms with Crippen LogP contribution in [0.5, 0.6) is 0 Å². The lowest BCUT2D eigenvalue weighted by Crippen LogP contribution is -2.12. The Kier molecular flexibility index (Phi) is 2.44. The summed E-state index contributed by atoms with van der Waals surface area (Å²) in [6.07, 6.45) is 6.78. The molecule has 0 saturated heterocycles. The number of nitrogens with zero attached hydrogens (tertiary/aromatic N) is 2. The molecule has 2 heterocycles. The summed E-state index contributed by atoms with van der Waals surface area (Å²) in [6.45, 7) is 7.64. The van der Waals surface area contributed by atoms with Crippen molar-refractivity contribution in [2.75, 3.05) is 0 Å². The summed E-state index contributed by atoms with van der Waals surface area (Å²) < 4.78 is 2.28. The molecule has 0 saturated carbocycles. The van der Waals surface area contributed by atoms with Crippen molar-refractivity contribution in [2.24, 2.45) is 5.92 Å². The highest BCUT2D eigenvalue weighted by Crippen LogP contribution is 2.20. The van der Waals surface area contributed by atoms with Crippen LogP contribution in [0, 0.1) is 12.8 Å². The molecule has 76 valence electrons. The molecule has 0 spiro atoms. The molecular weight excluding hydrogens is 172 g/mol. The Bertz CT molecular complexity index is 358. The number of fused-ring (bicyclic) bond motifs is 1. The van der Waals surface area contributed by atoms with Crippen LogP contribution >= 0.6 is 0 Å². The molecule has 2 nitrogen and oxygen atoms in total. The highest BCUT2D eigenvalue weighted by atomic mass is 15.1. The van der Waals surface area contributed by atoms with Crippen LogP contribution in [0.25, 0.3) is 0 Å². The molecule has 0 fully saturated rings. The van der Waals surface area contributed by atoms with Crippen LogP contribution in [0.1, 0.15) is 31.8 Å². The van der Waals surface area contributed by atoms with Crippen LogP contribution in [-0.4, -0.2) is 9.55 Å². The Morgan fingerprint density at radius 1 is 1.50 bits per heavy atom. The van der Waals surface area contributed by atoms with E-state index in [2.05, 4.69) is 42.6 Å². The summed E-state index contributed by atoms with van der Waals surface area (Å²) in [5.74, 6) is 1.90. The van der Waals surface area contributed by atoms with E-state index in [-0.39, 0.29) is 0 Å². The van der Waals surface area contributed by atoms with Crippen LogP contribution in [-0.2, 0) is 13.0 Å². The fraction of sp³-hybridized carbons (Fsp3) is 0.583. The number of allylic oxidation sites excluding steroid dienone is 2. The molecule has 1 aromatic rings. The van der Waals surface area contributed by atoms with Gasteiger partial charge in [0.15, 0.2) is 0 Å². The summed E-state index contributed by atoms with van der Waals surface area (Å²) in [5.41, 5.74) is 2.70. The summed E-state index contributed by atoms with van der Waals surface area (Å²) in [5, 5.41) is 0. The standard InChI is InChI=1S/C12H18N2/c1-9(2)6-11-4-5-14-8-10(3)13-12(14)7-11/h6,8-9H,4-5,7H2,1-3H3/b11-6+. The van der Waals surface area contributed by atoms with Gasteiger partial charge in [0.25, 0.3) is 0 Å². The van der Waals surface area contributed by atoms with Gasteiger partial charge in [0.1, 0.15) is 5.82 Å². The third kappa shape index (κ3) is 1.89. The molecule has 1 aliphatic heterocycles. The highest BCUT2D eigenvalue weighted by molar-refractivity contribution is 5.17. The van der Waals surface area contributed by atoms with E-state index in [4.69, 9.17) is 0 Å². The van der Waals surface area contributed by atoms with Gasteiger partial charge in [-0.15, -0.1) is 0 Å². The first-order chi connectivity index (χ1) is 6.65. The van der Waals surface area contributed by atoms with Gasteiger partial charge in [0.05, 0.1) is 5.69 Å². The fourth-order valence-corrected chi connectivity index (χ4v) is 2.10. The zero-order chi connectivity index (χ0) is 10.1. The van der Waals surface area contributed by atoms with Crippen LogP contribution in [0.4, 0.5) is 0 Å². The Morgan fingerprint density at radius 3 is 3.00 bits per heavy atom. The van der Waals surface area contributed by atoms with Crippen LogP contribution in [0.2, 0.25) is 0 Å². The first kappa shape index (κ1) is 9.50. The molecule has 2 heteroatoms. The molecule has 0 bridgehead atoms. The second-order valence-electron chi connectivity index (χ2n) is 4.49. The van der Waals surface area contributed by atoms with Gasteiger partial charge in [-0.1, -0.05) is 25.5 Å². The van der Waals surface area contributed by atoms with Gasteiger partial charge in [-0.25, -0.2) is 4.98 Å². The smallest absolute Gasteiger partial charge is 0.113 e. The van der Waals surface area contributed by atoms with Gasteiger partial charge in [-0.2, -0.15) is 0 Å². The maximum Gasteiger partial charge on any atom is 0.113 e. The molecule has 14 heavy (non-hydrogen) atoms. The minimum absolute atomic E-state index is 0.660. The minimum Gasteiger partial charge on any atom is -0.334 e. The lowest BCUT2D eigenvalue weighted by Gasteiger charge is -2.17. The molecule has 1 aliphatic rings. The number of aromatic nitrogens is 2. The number of hydrogen-bond donors (Lipinski definition) is 0. The van der Waals surface area contributed by atoms with Gasteiger partial charge in [-0.3, -0.25) is 0 Å². The molecule has 0 radical (unpaired) electrons. The van der Waals surface area contributed by atoms with Gasteiger partial charge in [0.2, 0.25) is 0 Å². The number of imidazole rings is 1. The minimum atomic E-state index is 0.660. The zero-order valence-corrected chi connectivity index (χ0v) is 9.25. The molecule has 0 aliphatic carbocycles. The predicted octanol–water partition coefficient (Wildman–Crippen LogP) is 2.72. The monoisotopic (exact) mass is 190 g/mol. The Hall–Kier alpha value is -1.05. The summed E-state index contributed by atoms with van der Waals surface area (Å²) in [6, 6.07) is 0. The molecule has 0 amide bonds. The molecule has 0 aromatic carbocycles. The number of rotatable bonds is 1. The van der Waals surface area contributed by atoms with Crippen molar-refractivity contribution < 1.29 is 0 Å². The molecule has 0 N–H and O–H groups in total. The molecule has 0 atom stereocenters. The maximum atomic E-state index is 4.53. The van der Waals surface area contributed by atoms with Crippen molar-refractivity contribution in [3.05, 3.63) is 29.4 Å². The van der Waals surface area contributed by atoms with Crippen molar-refractivity contribution in [3.8, 4) is 0 Å². The third-order valence-electron chi connectivity index (χ3n) is 2.61. The first-order valence-electron chi connectivity index (χ1n) is 5.37.